The number of ketones is 1. The van der Waals surface area contributed by atoms with Gasteiger partial charge in [0.05, 0.1) is 11.1 Å². The van der Waals surface area contributed by atoms with Gasteiger partial charge in [0, 0.05) is 30.0 Å². The van der Waals surface area contributed by atoms with Gasteiger partial charge < -0.3 is 4.90 Å². The highest BCUT2D eigenvalue weighted by molar-refractivity contribution is 6.03. The predicted molar refractivity (Wildman–Crippen MR) is 86.4 cm³/mol. The SMILES string of the molecule is CC1(C)C[C@]2(C=C(C#N)C1=O)CCN(C(=O)c1ccc(F)cc1F)C2. The van der Waals surface area contributed by atoms with Crippen LogP contribution in [0.4, 0.5) is 8.78 Å². The Balaban J connectivity index is 1.88. The standard InChI is InChI=1S/C19H18F2N2O2/c1-18(2)10-19(8-12(9-22)16(18)24)5-6-23(11-19)17(25)14-4-3-13(20)7-15(14)21/h3-4,7-8H,5-6,10-11H2,1-2H3/t19-/m1/s1. The molecular formula is C19H18F2N2O2. The Kier molecular flexibility index (Phi) is 3.98. The molecule has 3 rings (SSSR count). The van der Waals surface area contributed by atoms with E-state index in [1.165, 1.54) is 4.90 Å². The fourth-order valence-electron chi connectivity index (χ4n) is 4.00. The lowest BCUT2D eigenvalue weighted by Crippen LogP contribution is -2.40. The molecule has 4 nitrogen and oxygen atoms in total. The van der Waals surface area contributed by atoms with Crippen molar-refractivity contribution in [3.8, 4) is 6.07 Å². The van der Waals surface area contributed by atoms with Gasteiger partial charge in [-0.2, -0.15) is 5.26 Å². The summed E-state index contributed by atoms with van der Waals surface area (Å²) in [6, 6.07) is 4.84. The van der Waals surface area contributed by atoms with Crippen molar-refractivity contribution in [3.05, 3.63) is 47.0 Å². The summed E-state index contributed by atoms with van der Waals surface area (Å²) in [6.07, 6.45) is 2.80. The first kappa shape index (κ1) is 17.3. The van der Waals surface area contributed by atoms with Crippen LogP contribution in [0.3, 0.4) is 0 Å². The largest absolute Gasteiger partial charge is 0.338 e. The van der Waals surface area contributed by atoms with E-state index < -0.39 is 28.4 Å². The molecule has 1 amide bonds. The van der Waals surface area contributed by atoms with Gasteiger partial charge in [0.2, 0.25) is 0 Å². The molecule has 25 heavy (non-hydrogen) atoms. The summed E-state index contributed by atoms with van der Waals surface area (Å²) in [6.45, 7) is 4.30. The number of Topliss-reactive ketones (excluding diaryl/α,β-unsaturated/α-hetero) is 1. The highest BCUT2D eigenvalue weighted by atomic mass is 19.1. The molecule has 0 aromatic heterocycles. The molecule has 0 radical (unpaired) electrons. The van der Waals surface area contributed by atoms with Gasteiger partial charge >= 0.3 is 0 Å². The van der Waals surface area contributed by atoms with E-state index in [1.807, 2.05) is 6.07 Å². The number of likely N-dealkylation sites (tertiary alicyclic amines) is 1. The van der Waals surface area contributed by atoms with Crippen LogP contribution in [0.1, 0.15) is 37.0 Å². The quantitative estimate of drug-likeness (QED) is 0.786. The van der Waals surface area contributed by atoms with Crippen LogP contribution >= 0.6 is 0 Å². The minimum Gasteiger partial charge on any atom is -0.338 e. The van der Waals surface area contributed by atoms with Crippen LogP contribution in [0.2, 0.25) is 0 Å². The monoisotopic (exact) mass is 344 g/mol. The van der Waals surface area contributed by atoms with E-state index in [9.17, 15) is 23.6 Å². The molecule has 1 aliphatic heterocycles. The highest BCUT2D eigenvalue weighted by Crippen LogP contribution is 2.48. The number of benzene rings is 1. The minimum atomic E-state index is -0.890. The third kappa shape index (κ3) is 2.95. The average Bonchev–Trinajstić information content (AvgIpc) is 2.93. The summed E-state index contributed by atoms with van der Waals surface area (Å²) in [5.74, 6) is -2.31. The zero-order chi connectivity index (χ0) is 18.4. The van der Waals surface area contributed by atoms with Crippen molar-refractivity contribution >= 4 is 11.7 Å². The molecule has 1 spiro atoms. The number of halogens is 2. The summed E-state index contributed by atoms with van der Waals surface area (Å²) in [4.78, 5) is 26.4. The number of allylic oxidation sites excluding steroid dienone is 1. The number of nitriles is 1. The molecule has 0 unspecified atom stereocenters. The van der Waals surface area contributed by atoms with Gasteiger partial charge in [0.15, 0.2) is 5.78 Å². The predicted octanol–water partition coefficient (Wildman–Crippen LogP) is 3.25. The van der Waals surface area contributed by atoms with Crippen LogP contribution < -0.4 is 0 Å². The lowest BCUT2D eigenvalue weighted by molar-refractivity contribution is -0.125. The maximum absolute atomic E-state index is 13.9. The van der Waals surface area contributed by atoms with E-state index in [1.54, 1.807) is 19.9 Å². The van der Waals surface area contributed by atoms with E-state index in [-0.39, 0.29) is 16.9 Å². The van der Waals surface area contributed by atoms with Crippen molar-refractivity contribution in [3.63, 3.8) is 0 Å². The maximum Gasteiger partial charge on any atom is 0.256 e. The van der Waals surface area contributed by atoms with Crippen LogP contribution in [-0.4, -0.2) is 29.7 Å². The number of hydrogen-bond acceptors (Lipinski definition) is 3. The number of nitrogens with zero attached hydrogens (tertiary/aromatic N) is 2. The van der Waals surface area contributed by atoms with Gasteiger partial charge in [-0.1, -0.05) is 19.9 Å². The fraction of sp³-hybridized carbons (Fsp3) is 0.421. The third-order valence-corrected chi connectivity index (χ3v) is 5.06. The Bertz CT molecular complexity index is 838. The van der Waals surface area contributed by atoms with E-state index in [2.05, 4.69) is 0 Å². The van der Waals surface area contributed by atoms with E-state index >= 15 is 0 Å². The van der Waals surface area contributed by atoms with Crippen molar-refractivity contribution in [1.82, 2.24) is 4.90 Å². The average molecular weight is 344 g/mol. The number of rotatable bonds is 1. The summed E-state index contributed by atoms with van der Waals surface area (Å²) in [5.41, 5.74) is -1.19. The zero-order valence-corrected chi connectivity index (χ0v) is 14.1. The van der Waals surface area contributed by atoms with Crippen LogP contribution in [0.25, 0.3) is 0 Å². The maximum atomic E-state index is 13.9. The van der Waals surface area contributed by atoms with Crippen LogP contribution in [0.5, 0.6) is 0 Å². The van der Waals surface area contributed by atoms with Gasteiger partial charge in [0.1, 0.15) is 17.7 Å². The first-order valence-electron chi connectivity index (χ1n) is 8.10. The molecule has 0 bridgehead atoms. The molecule has 0 N–H and O–H groups in total. The number of hydrogen-bond donors (Lipinski definition) is 0. The van der Waals surface area contributed by atoms with Crippen LogP contribution in [0.15, 0.2) is 29.8 Å². The van der Waals surface area contributed by atoms with Gasteiger partial charge in [-0.15, -0.1) is 0 Å². The fourth-order valence-corrected chi connectivity index (χ4v) is 4.00. The molecule has 1 atom stereocenters. The summed E-state index contributed by atoms with van der Waals surface area (Å²) in [7, 11) is 0. The highest BCUT2D eigenvalue weighted by Gasteiger charge is 2.49. The first-order valence-corrected chi connectivity index (χ1v) is 8.10. The molecule has 1 heterocycles. The van der Waals surface area contributed by atoms with Gasteiger partial charge in [-0.25, -0.2) is 8.78 Å². The number of carbonyl (C=O) groups is 2. The van der Waals surface area contributed by atoms with Gasteiger partial charge in [0.25, 0.3) is 5.91 Å². The van der Waals surface area contributed by atoms with E-state index in [4.69, 9.17) is 0 Å². The molecule has 1 fully saturated rings. The first-order chi connectivity index (χ1) is 11.7. The normalized spacial score (nSPS) is 25.0. The molecule has 2 aliphatic rings. The Labute approximate surface area is 144 Å². The molecule has 130 valence electrons. The molecule has 1 aliphatic carbocycles. The second-order valence-electron chi connectivity index (χ2n) is 7.52. The molecule has 1 aromatic rings. The van der Waals surface area contributed by atoms with E-state index in [0.717, 1.165) is 12.1 Å². The van der Waals surface area contributed by atoms with Gasteiger partial charge in [-0.05, 0) is 25.0 Å². The molecule has 1 aromatic carbocycles. The second kappa shape index (κ2) is 5.76. The topological polar surface area (TPSA) is 61.2 Å². The summed E-state index contributed by atoms with van der Waals surface area (Å²) in [5, 5.41) is 9.25. The Morgan fingerprint density at radius 3 is 2.68 bits per heavy atom. The van der Waals surface area contributed by atoms with Crippen molar-refractivity contribution in [2.45, 2.75) is 26.7 Å². The molecule has 6 heteroatoms. The van der Waals surface area contributed by atoms with E-state index in [0.29, 0.717) is 32.0 Å². The number of carbonyl (C=O) groups excluding carboxylic acids is 2. The summed E-state index contributed by atoms with van der Waals surface area (Å²) >= 11 is 0. The lowest BCUT2D eigenvalue weighted by Gasteiger charge is -2.38. The van der Waals surface area contributed by atoms with Crippen molar-refractivity contribution in [1.29, 1.82) is 5.26 Å². The van der Waals surface area contributed by atoms with Crippen LogP contribution in [0, 0.1) is 33.8 Å². The molecule has 1 saturated heterocycles. The second-order valence-corrected chi connectivity index (χ2v) is 7.52. The van der Waals surface area contributed by atoms with Crippen molar-refractivity contribution in [2.24, 2.45) is 10.8 Å². The van der Waals surface area contributed by atoms with Crippen molar-refractivity contribution < 1.29 is 18.4 Å². The zero-order valence-electron chi connectivity index (χ0n) is 14.1. The minimum absolute atomic E-state index is 0.124. The molecular weight excluding hydrogens is 326 g/mol. The van der Waals surface area contributed by atoms with Crippen LogP contribution in [-0.2, 0) is 4.79 Å². The van der Waals surface area contributed by atoms with Crippen molar-refractivity contribution in [2.75, 3.05) is 13.1 Å². The lowest BCUT2D eigenvalue weighted by atomic mass is 9.64. The molecule has 0 saturated carbocycles. The Morgan fingerprint density at radius 2 is 2.04 bits per heavy atom. The number of amides is 1. The van der Waals surface area contributed by atoms with Gasteiger partial charge in [-0.3, -0.25) is 9.59 Å². The Morgan fingerprint density at radius 1 is 1.32 bits per heavy atom. The Hall–Kier alpha value is -2.55. The summed E-state index contributed by atoms with van der Waals surface area (Å²) < 4.78 is 26.9. The third-order valence-electron chi connectivity index (χ3n) is 5.06. The smallest absolute Gasteiger partial charge is 0.256 e.